The largest absolute Gasteiger partial charge is 0.375 e. The van der Waals surface area contributed by atoms with E-state index in [9.17, 15) is 0 Å². The summed E-state index contributed by atoms with van der Waals surface area (Å²) >= 11 is 1.73. The van der Waals surface area contributed by atoms with Gasteiger partial charge in [-0.15, -0.1) is 11.3 Å². The summed E-state index contributed by atoms with van der Waals surface area (Å²) in [6.45, 7) is 8.33. The second kappa shape index (κ2) is 8.27. The Bertz CT molecular complexity index is 555. The second-order valence-corrected chi connectivity index (χ2v) is 7.53. The minimum Gasteiger partial charge on any atom is -0.375 e. The van der Waals surface area contributed by atoms with E-state index in [4.69, 9.17) is 9.47 Å². The highest BCUT2D eigenvalue weighted by Gasteiger charge is 2.32. The number of guanidine groups is 1. The lowest BCUT2D eigenvalue weighted by Crippen LogP contribution is -2.53. The summed E-state index contributed by atoms with van der Waals surface area (Å²) in [6, 6.07) is 0. The van der Waals surface area contributed by atoms with Crippen LogP contribution in [0.15, 0.2) is 10.4 Å². The summed E-state index contributed by atoms with van der Waals surface area (Å²) in [4.78, 5) is 11.4. The Morgan fingerprint density at radius 2 is 2.25 bits per heavy atom. The van der Waals surface area contributed by atoms with E-state index in [0.29, 0.717) is 12.5 Å². The van der Waals surface area contributed by atoms with Crippen LogP contribution in [0.3, 0.4) is 0 Å². The maximum atomic E-state index is 5.92. The lowest BCUT2D eigenvalue weighted by molar-refractivity contribution is -0.0817. The molecule has 6 nitrogen and oxygen atoms in total. The number of hydrogen-bond acceptors (Lipinski definition) is 5. The third-order valence-corrected chi connectivity index (χ3v) is 5.67. The summed E-state index contributed by atoms with van der Waals surface area (Å²) in [6.07, 6.45) is 2.62. The van der Waals surface area contributed by atoms with E-state index in [1.54, 1.807) is 11.3 Å². The summed E-state index contributed by atoms with van der Waals surface area (Å²) in [5.41, 5.74) is 1.08. The van der Waals surface area contributed by atoms with Crippen LogP contribution in [0.2, 0.25) is 0 Å². The number of ether oxygens (including phenoxy) is 2. The van der Waals surface area contributed by atoms with Gasteiger partial charge in [-0.05, 0) is 12.8 Å². The number of aliphatic imine (C=N–C) groups is 1. The minimum absolute atomic E-state index is 0.145. The average Bonchev–Trinajstić information content (AvgIpc) is 3.28. The van der Waals surface area contributed by atoms with Crippen molar-refractivity contribution in [2.24, 2.45) is 4.99 Å². The van der Waals surface area contributed by atoms with E-state index in [2.05, 4.69) is 39.4 Å². The lowest BCUT2D eigenvalue weighted by Gasteiger charge is -2.37. The Hall–Kier alpha value is -1.18. The van der Waals surface area contributed by atoms with Crippen molar-refractivity contribution in [3.8, 4) is 0 Å². The fourth-order valence-corrected chi connectivity index (χ4v) is 3.99. The van der Waals surface area contributed by atoms with E-state index in [1.807, 2.05) is 7.05 Å². The number of nitrogens with one attached hydrogen (secondary N) is 1. The van der Waals surface area contributed by atoms with E-state index < -0.39 is 0 Å². The van der Waals surface area contributed by atoms with Crippen LogP contribution in [0, 0.1) is 0 Å². The zero-order valence-electron chi connectivity index (χ0n) is 14.8. The van der Waals surface area contributed by atoms with Gasteiger partial charge in [0.25, 0.3) is 0 Å². The van der Waals surface area contributed by atoms with E-state index in [-0.39, 0.29) is 12.2 Å². The highest BCUT2D eigenvalue weighted by molar-refractivity contribution is 7.09. The molecule has 2 saturated heterocycles. The predicted octanol–water partition coefficient (Wildman–Crippen LogP) is 2.22. The zero-order chi connectivity index (χ0) is 16.9. The second-order valence-electron chi connectivity index (χ2n) is 6.64. The molecule has 3 heterocycles. The van der Waals surface area contributed by atoms with Crippen LogP contribution in [0.25, 0.3) is 0 Å². The number of hydrogen-bond donors (Lipinski definition) is 1. The van der Waals surface area contributed by atoms with Crippen molar-refractivity contribution in [2.75, 3.05) is 33.4 Å². The van der Waals surface area contributed by atoms with Crippen molar-refractivity contribution in [1.82, 2.24) is 15.2 Å². The molecule has 1 aromatic heterocycles. The third-order valence-electron chi connectivity index (χ3n) is 4.48. The Kier molecular flexibility index (Phi) is 6.08. The van der Waals surface area contributed by atoms with Gasteiger partial charge < -0.3 is 19.7 Å². The quantitative estimate of drug-likeness (QED) is 0.665. The predicted molar refractivity (Wildman–Crippen MR) is 96.7 cm³/mol. The SMILES string of the molecule is CN=C(NCc1csc(C(C)C)n1)N1CCOC(C2CCCO2)C1. The molecule has 7 heteroatoms. The maximum absolute atomic E-state index is 5.92. The van der Waals surface area contributed by atoms with Gasteiger partial charge in [-0.1, -0.05) is 13.8 Å². The molecular formula is C17H28N4O2S. The smallest absolute Gasteiger partial charge is 0.194 e. The van der Waals surface area contributed by atoms with Gasteiger partial charge in [0.05, 0.1) is 30.0 Å². The molecule has 1 N–H and O–H groups in total. The number of rotatable bonds is 4. The first-order chi connectivity index (χ1) is 11.7. The highest BCUT2D eigenvalue weighted by atomic mass is 32.1. The third kappa shape index (κ3) is 4.26. The van der Waals surface area contributed by atoms with Gasteiger partial charge in [0, 0.05) is 38.0 Å². The Balaban J connectivity index is 1.54. The summed E-state index contributed by atoms with van der Waals surface area (Å²) < 4.78 is 11.7. The van der Waals surface area contributed by atoms with Crippen molar-refractivity contribution in [1.29, 1.82) is 0 Å². The van der Waals surface area contributed by atoms with Crippen LogP contribution < -0.4 is 5.32 Å². The first-order valence-corrected chi connectivity index (χ1v) is 9.68. The molecule has 0 spiro atoms. The summed E-state index contributed by atoms with van der Waals surface area (Å²) in [5.74, 6) is 1.40. The fourth-order valence-electron chi connectivity index (χ4n) is 3.16. The molecule has 134 valence electrons. The number of morpholine rings is 1. The zero-order valence-corrected chi connectivity index (χ0v) is 15.6. The molecule has 2 atom stereocenters. The molecule has 2 fully saturated rings. The molecule has 2 aliphatic heterocycles. The molecule has 3 rings (SSSR count). The lowest BCUT2D eigenvalue weighted by atomic mass is 10.1. The van der Waals surface area contributed by atoms with Crippen molar-refractivity contribution in [3.05, 3.63) is 16.1 Å². The molecule has 0 saturated carbocycles. The normalized spacial score (nSPS) is 25.5. The Morgan fingerprint density at radius 3 is 2.92 bits per heavy atom. The summed E-state index contributed by atoms with van der Waals surface area (Å²) in [5, 5.41) is 6.76. The number of nitrogens with zero attached hydrogens (tertiary/aromatic N) is 3. The molecule has 1 aromatic rings. The Labute approximate surface area is 148 Å². The molecule has 24 heavy (non-hydrogen) atoms. The topological polar surface area (TPSA) is 59.0 Å². The van der Waals surface area contributed by atoms with Crippen LogP contribution in [0.4, 0.5) is 0 Å². The van der Waals surface area contributed by atoms with Gasteiger partial charge in [0.2, 0.25) is 0 Å². The van der Waals surface area contributed by atoms with Gasteiger partial charge in [0.1, 0.15) is 6.10 Å². The standard InChI is InChI=1S/C17H28N4O2S/c1-12(2)16-20-13(11-24-16)9-19-17(18-3)21-6-8-23-15(10-21)14-5-4-7-22-14/h11-12,14-15H,4-10H2,1-3H3,(H,18,19). The molecule has 2 unspecified atom stereocenters. The molecular weight excluding hydrogens is 324 g/mol. The maximum Gasteiger partial charge on any atom is 0.194 e. The van der Waals surface area contributed by atoms with Crippen LogP contribution in [-0.4, -0.2) is 61.4 Å². The molecule has 0 bridgehead atoms. The van der Waals surface area contributed by atoms with Gasteiger partial charge in [0.15, 0.2) is 5.96 Å². The Morgan fingerprint density at radius 1 is 1.42 bits per heavy atom. The average molecular weight is 353 g/mol. The van der Waals surface area contributed by atoms with Gasteiger partial charge >= 0.3 is 0 Å². The fraction of sp³-hybridized carbons (Fsp3) is 0.765. The minimum atomic E-state index is 0.145. The monoisotopic (exact) mass is 352 g/mol. The first-order valence-electron chi connectivity index (χ1n) is 8.80. The van der Waals surface area contributed by atoms with Crippen LogP contribution in [-0.2, 0) is 16.0 Å². The van der Waals surface area contributed by atoms with E-state index in [1.165, 1.54) is 5.01 Å². The van der Waals surface area contributed by atoms with Crippen LogP contribution in [0.5, 0.6) is 0 Å². The van der Waals surface area contributed by atoms with Crippen molar-refractivity contribution in [2.45, 2.75) is 51.4 Å². The van der Waals surface area contributed by atoms with Crippen molar-refractivity contribution < 1.29 is 9.47 Å². The molecule has 0 amide bonds. The van der Waals surface area contributed by atoms with Crippen LogP contribution >= 0.6 is 11.3 Å². The van der Waals surface area contributed by atoms with E-state index in [0.717, 1.165) is 50.8 Å². The highest BCUT2D eigenvalue weighted by Crippen LogP contribution is 2.21. The van der Waals surface area contributed by atoms with Gasteiger partial charge in [-0.3, -0.25) is 4.99 Å². The van der Waals surface area contributed by atoms with Crippen LogP contribution in [0.1, 0.15) is 43.3 Å². The summed E-state index contributed by atoms with van der Waals surface area (Å²) in [7, 11) is 1.83. The molecule has 0 aliphatic carbocycles. The molecule has 0 aromatic carbocycles. The first kappa shape index (κ1) is 17.6. The number of aromatic nitrogens is 1. The molecule has 2 aliphatic rings. The number of thiazole rings is 1. The molecule has 0 radical (unpaired) electrons. The van der Waals surface area contributed by atoms with Gasteiger partial charge in [-0.2, -0.15) is 0 Å². The van der Waals surface area contributed by atoms with Crippen molar-refractivity contribution >= 4 is 17.3 Å². The van der Waals surface area contributed by atoms with Gasteiger partial charge in [-0.25, -0.2) is 4.98 Å². The van der Waals surface area contributed by atoms with E-state index >= 15 is 0 Å². The van der Waals surface area contributed by atoms with Crippen molar-refractivity contribution in [3.63, 3.8) is 0 Å².